The van der Waals surface area contributed by atoms with E-state index in [1.54, 1.807) is 65.8 Å². The fraction of sp³-hybridized carbons (Fsp3) is 0.593. The topological polar surface area (TPSA) is 178 Å². The molecule has 0 bridgehead atoms. The lowest BCUT2D eigenvalue weighted by Crippen LogP contribution is -2.56. The first-order valence-electron chi connectivity index (χ1n) is 13.1. The van der Waals surface area contributed by atoms with Crippen molar-refractivity contribution in [3.63, 3.8) is 0 Å². The summed E-state index contributed by atoms with van der Waals surface area (Å²) in [6.07, 6.45) is -2.23. The van der Waals surface area contributed by atoms with Crippen LogP contribution in [0.15, 0.2) is 30.3 Å². The molecule has 40 heavy (non-hydrogen) atoms. The molecule has 1 aromatic carbocycles. The first-order chi connectivity index (χ1) is 18.6. The maximum absolute atomic E-state index is 13.2. The second-order valence-corrected chi connectivity index (χ2v) is 10.8. The SMILES string of the molecule is CC(C)(C)OC(=O)NCCNC(=O)[C@H](CCCN)N(C(=O)CNC(=O)OCc1ccccc1)C(=O)OC(C)(C)C. The molecule has 13 nitrogen and oxygen atoms in total. The minimum atomic E-state index is -1.28. The highest BCUT2D eigenvalue weighted by Gasteiger charge is 2.37. The van der Waals surface area contributed by atoms with Crippen molar-refractivity contribution in [3.8, 4) is 0 Å². The highest BCUT2D eigenvalue weighted by Crippen LogP contribution is 2.16. The van der Waals surface area contributed by atoms with Gasteiger partial charge >= 0.3 is 18.3 Å². The molecule has 224 valence electrons. The van der Waals surface area contributed by atoms with E-state index in [0.717, 1.165) is 5.56 Å². The normalized spacial score (nSPS) is 12.0. The summed E-state index contributed by atoms with van der Waals surface area (Å²) in [6, 6.07) is 7.66. The number of nitrogens with zero attached hydrogens (tertiary/aromatic N) is 1. The van der Waals surface area contributed by atoms with E-state index in [-0.39, 0.29) is 32.7 Å². The average molecular weight is 566 g/mol. The second kappa shape index (κ2) is 16.3. The molecule has 1 rings (SSSR count). The predicted molar refractivity (Wildman–Crippen MR) is 147 cm³/mol. The molecular weight excluding hydrogens is 522 g/mol. The molecule has 0 aliphatic heterocycles. The number of alkyl carbamates (subject to hydrolysis) is 2. The summed E-state index contributed by atoms with van der Waals surface area (Å²) in [4.78, 5) is 64.1. The summed E-state index contributed by atoms with van der Waals surface area (Å²) in [7, 11) is 0. The van der Waals surface area contributed by atoms with Crippen LogP contribution in [0.1, 0.15) is 59.9 Å². The molecule has 0 aliphatic carbocycles. The van der Waals surface area contributed by atoms with Gasteiger partial charge in [-0.2, -0.15) is 0 Å². The number of hydrogen-bond acceptors (Lipinski definition) is 9. The number of rotatable bonds is 12. The van der Waals surface area contributed by atoms with Crippen LogP contribution < -0.4 is 21.7 Å². The third-order valence-corrected chi connectivity index (χ3v) is 4.84. The van der Waals surface area contributed by atoms with E-state index < -0.39 is 53.9 Å². The molecule has 1 atom stereocenters. The molecule has 5 N–H and O–H groups in total. The molecule has 0 heterocycles. The van der Waals surface area contributed by atoms with Crippen LogP contribution in [0.5, 0.6) is 0 Å². The van der Waals surface area contributed by atoms with Gasteiger partial charge in [-0.3, -0.25) is 9.59 Å². The highest BCUT2D eigenvalue weighted by atomic mass is 16.6. The number of ether oxygens (including phenoxy) is 3. The Kier molecular flexibility index (Phi) is 13.9. The monoisotopic (exact) mass is 565 g/mol. The van der Waals surface area contributed by atoms with Crippen molar-refractivity contribution >= 4 is 30.1 Å². The third kappa shape index (κ3) is 14.3. The van der Waals surface area contributed by atoms with Gasteiger partial charge < -0.3 is 35.9 Å². The summed E-state index contributed by atoms with van der Waals surface area (Å²) in [5.41, 5.74) is 4.73. The molecule has 0 aromatic heterocycles. The number of nitrogens with one attached hydrogen (secondary N) is 3. The Morgan fingerprint density at radius 3 is 2.02 bits per heavy atom. The van der Waals surface area contributed by atoms with Gasteiger partial charge in [-0.1, -0.05) is 30.3 Å². The van der Waals surface area contributed by atoms with Crippen LogP contribution >= 0.6 is 0 Å². The number of amides is 5. The lowest BCUT2D eigenvalue weighted by atomic mass is 10.1. The van der Waals surface area contributed by atoms with E-state index >= 15 is 0 Å². The first kappa shape index (κ1) is 34.2. The fourth-order valence-corrected chi connectivity index (χ4v) is 3.19. The number of nitrogens with two attached hydrogens (primary N) is 1. The molecule has 0 spiro atoms. The molecule has 13 heteroatoms. The zero-order valence-electron chi connectivity index (χ0n) is 24.2. The van der Waals surface area contributed by atoms with Crippen LogP contribution in [-0.4, -0.2) is 78.4 Å². The molecule has 1 aromatic rings. The van der Waals surface area contributed by atoms with E-state index in [4.69, 9.17) is 19.9 Å². The summed E-state index contributed by atoms with van der Waals surface area (Å²) in [5.74, 6) is -1.54. The van der Waals surface area contributed by atoms with E-state index in [1.165, 1.54) is 0 Å². The molecule has 0 saturated carbocycles. The number of carbonyl (C=O) groups excluding carboxylic acids is 5. The van der Waals surface area contributed by atoms with Crippen LogP contribution in [-0.2, 0) is 30.4 Å². The van der Waals surface area contributed by atoms with Gasteiger partial charge in [0.2, 0.25) is 5.91 Å². The van der Waals surface area contributed by atoms with E-state index in [1.807, 2.05) is 6.07 Å². The van der Waals surface area contributed by atoms with Gasteiger partial charge in [-0.05, 0) is 66.5 Å². The molecule has 5 amide bonds. The summed E-state index contributed by atoms with van der Waals surface area (Å²) < 4.78 is 15.6. The van der Waals surface area contributed by atoms with Crippen molar-refractivity contribution in [2.75, 3.05) is 26.2 Å². The predicted octanol–water partition coefficient (Wildman–Crippen LogP) is 2.42. The van der Waals surface area contributed by atoms with Crippen molar-refractivity contribution in [1.29, 1.82) is 0 Å². The van der Waals surface area contributed by atoms with Gasteiger partial charge in [-0.25, -0.2) is 19.3 Å². The van der Waals surface area contributed by atoms with E-state index in [2.05, 4.69) is 16.0 Å². The summed E-state index contributed by atoms with van der Waals surface area (Å²) in [6.45, 7) is 9.60. The third-order valence-electron chi connectivity index (χ3n) is 4.84. The largest absolute Gasteiger partial charge is 0.445 e. The lowest BCUT2D eigenvalue weighted by molar-refractivity contribution is -0.139. The van der Waals surface area contributed by atoms with Gasteiger partial charge in [0.05, 0.1) is 0 Å². The highest BCUT2D eigenvalue weighted by molar-refractivity contribution is 5.99. The molecule has 0 unspecified atom stereocenters. The standard InChI is InChI=1S/C27H43N5O8/c1-26(2,3)39-24(36)30-16-15-29-22(34)20(13-10-14-28)32(25(37)40-27(4,5)6)21(33)17-31-23(35)38-18-19-11-8-7-9-12-19/h7-9,11-12,20H,10,13-18,28H2,1-6H3,(H,29,34)(H,30,36)(H,31,35)/t20-/m0/s1. The first-order valence-corrected chi connectivity index (χ1v) is 13.1. The Labute approximate surface area is 235 Å². The number of carbonyl (C=O) groups is 5. The van der Waals surface area contributed by atoms with Gasteiger partial charge in [0.1, 0.15) is 30.4 Å². The van der Waals surface area contributed by atoms with Gasteiger partial charge in [0.15, 0.2) is 0 Å². The molecule has 0 fully saturated rings. The van der Waals surface area contributed by atoms with E-state index in [0.29, 0.717) is 11.3 Å². The molecule has 0 saturated heterocycles. The Morgan fingerprint density at radius 1 is 0.850 bits per heavy atom. The quantitative estimate of drug-likeness (QED) is 0.219. The smallest absolute Gasteiger partial charge is 0.417 e. The molecule has 0 radical (unpaired) electrons. The van der Waals surface area contributed by atoms with Crippen LogP contribution in [0.3, 0.4) is 0 Å². The van der Waals surface area contributed by atoms with Gasteiger partial charge in [-0.15, -0.1) is 0 Å². The minimum absolute atomic E-state index is 0.00237. The maximum atomic E-state index is 13.2. The van der Waals surface area contributed by atoms with Crippen LogP contribution in [0.4, 0.5) is 14.4 Å². The molecule has 0 aliphatic rings. The van der Waals surface area contributed by atoms with Crippen molar-refractivity contribution in [1.82, 2.24) is 20.9 Å². The van der Waals surface area contributed by atoms with Gasteiger partial charge in [0, 0.05) is 13.1 Å². The Balaban J connectivity index is 2.91. The summed E-state index contributed by atoms with van der Waals surface area (Å²) >= 11 is 0. The van der Waals surface area contributed by atoms with Crippen LogP contribution in [0, 0.1) is 0 Å². The second-order valence-electron chi connectivity index (χ2n) is 10.8. The fourth-order valence-electron chi connectivity index (χ4n) is 3.19. The van der Waals surface area contributed by atoms with Gasteiger partial charge in [0.25, 0.3) is 5.91 Å². The number of hydrogen-bond donors (Lipinski definition) is 4. The minimum Gasteiger partial charge on any atom is -0.445 e. The van der Waals surface area contributed by atoms with Crippen molar-refractivity contribution in [2.24, 2.45) is 5.73 Å². The zero-order valence-corrected chi connectivity index (χ0v) is 24.2. The summed E-state index contributed by atoms with van der Waals surface area (Å²) in [5, 5.41) is 7.42. The Hall–Kier alpha value is -3.87. The number of imide groups is 1. The average Bonchev–Trinajstić information content (AvgIpc) is 2.84. The Morgan fingerprint density at radius 2 is 1.45 bits per heavy atom. The number of benzene rings is 1. The van der Waals surface area contributed by atoms with Crippen LogP contribution in [0.2, 0.25) is 0 Å². The maximum Gasteiger partial charge on any atom is 0.417 e. The van der Waals surface area contributed by atoms with Crippen LogP contribution in [0.25, 0.3) is 0 Å². The lowest BCUT2D eigenvalue weighted by Gasteiger charge is -2.31. The van der Waals surface area contributed by atoms with Crippen molar-refractivity contribution in [3.05, 3.63) is 35.9 Å². The zero-order chi connectivity index (χ0) is 30.3. The van der Waals surface area contributed by atoms with Crippen molar-refractivity contribution < 1.29 is 38.2 Å². The Bertz CT molecular complexity index is 989. The molecular formula is C27H43N5O8. The van der Waals surface area contributed by atoms with E-state index in [9.17, 15) is 24.0 Å². The van der Waals surface area contributed by atoms with Crippen molar-refractivity contribution in [2.45, 2.75) is 78.2 Å².